The average Bonchev–Trinajstić information content (AvgIpc) is 2.57. The Balaban J connectivity index is 0.000000505. The molecule has 0 radical (unpaired) electrons. The number of hydrogen-bond donors (Lipinski definition) is 1. The number of rotatable bonds is 5. The molecule has 2 N–H and O–H groups in total. The molecule has 0 heterocycles. The van der Waals surface area contributed by atoms with E-state index in [9.17, 15) is 5.11 Å². The average molecular weight is 390 g/mol. The molecule has 1 atom stereocenters. The molecule has 0 spiro atoms. The van der Waals surface area contributed by atoms with Crippen molar-refractivity contribution in [3.8, 4) is 11.5 Å². The van der Waals surface area contributed by atoms with Gasteiger partial charge in [0.2, 0.25) is 0 Å². The summed E-state index contributed by atoms with van der Waals surface area (Å²) in [6, 6.07) is 11.3. The van der Waals surface area contributed by atoms with E-state index in [0.717, 1.165) is 33.8 Å². The van der Waals surface area contributed by atoms with Crippen LogP contribution in [0.3, 0.4) is 0 Å². The predicted octanol–water partition coefficient (Wildman–Crippen LogP) is 6.17. The minimum absolute atomic E-state index is 0.233. The molecule has 2 rings (SSSR count). The van der Waals surface area contributed by atoms with Crippen LogP contribution < -0.4 is 4.74 Å². The van der Waals surface area contributed by atoms with Crippen LogP contribution in [-0.2, 0) is 13.9 Å². The Bertz CT molecular complexity index is 687. The molecule has 3 nitrogen and oxygen atoms in total. The van der Waals surface area contributed by atoms with E-state index in [4.69, 9.17) is 24.3 Å². The number of ether oxygens (including phenoxy) is 1. The number of unbranched alkanes of at least 4 members (excludes halogenated alkanes) is 1. The molecule has 0 aliphatic carbocycles. The van der Waals surface area contributed by atoms with E-state index in [0.29, 0.717) is 12.3 Å². The van der Waals surface area contributed by atoms with Gasteiger partial charge in [-0.25, -0.2) is 0 Å². The van der Waals surface area contributed by atoms with Crippen molar-refractivity contribution in [3.63, 3.8) is 0 Å². The molecule has 2 aromatic rings. The fourth-order valence-electron chi connectivity index (χ4n) is 1.91. The molecule has 0 saturated heterocycles. The van der Waals surface area contributed by atoms with Crippen LogP contribution in [0.2, 0.25) is 0 Å². The summed E-state index contributed by atoms with van der Waals surface area (Å²) in [5.74, 6) is 0.901. The van der Waals surface area contributed by atoms with E-state index in [1.807, 2.05) is 44.2 Å². The maximum atomic E-state index is 9.99. The summed E-state index contributed by atoms with van der Waals surface area (Å²) in [6.45, 7) is 6.67. The van der Waals surface area contributed by atoms with E-state index < -0.39 is 8.92 Å². The standard InChI is InChI=1S/C15H15O2S.C4H10N.Ni/c1-10-4-6-12(16)14(8-10)18-15-9-11(2)5-7-13(15)17-3;1-2-3-4-5;/h4-9,16H,3H2,1-2H3;5H,2-4H2,1H3;/q2*-1;. The molecule has 1 unspecified atom stereocenters. The first-order valence-electron chi connectivity index (χ1n) is 7.79. The minimum atomic E-state index is -0.630. The van der Waals surface area contributed by atoms with Crippen LogP contribution in [0.1, 0.15) is 30.9 Å². The maximum absolute atomic E-state index is 9.99. The van der Waals surface area contributed by atoms with Gasteiger partial charge in [0.15, 0.2) is 0 Å². The van der Waals surface area contributed by atoms with Gasteiger partial charge in [0.05, 0.1) is 0 Å². The Hall–Kier alpha value is -1.16. The summed E-state index contributed by atoms with van der Waals surface area (Å²) in [6.07, 6.45) is 2.21. The first kappa shape index (κ1) is 20.9. The van der Waals surface area contributed by atoms with Gasteiger partial charge in [-0.3, -0.25) is 0 Å². The van der Waals surface area contributed by atoms with E-state index in [1.165, 1.54) is 0 Å². The number of aromatic hydroxyl groups is 1. The number of benzene rings is 2. The van der Waals surface area contributed by atoms with E-state index in [-0.39, 0.29) is 5.75 Å². The van der Waals surface area contributed by atoms with E-state index >= 15 is 0 Å². The van der Waals surface area contributed by atoms with Crippen molar-refractivity contribution in [2.75, 3.05) is 6.54 Å². The van der Waals surface area contributed by atoms with Crippen molar-refractivity contribution in [1.82, 2.24) is 0 Å². The Morgan fingerprint density at radius 1 is 1.12 bits per heavy atom. The third-order valence-corrected chi connectivity index (χ3v) is 5.93. The zero-order valence-electron chi connectivity index (χ0n) is 14.4. The molecule has 0 aliphatic heterocycles. The second-order valence-corrected chi connectivity index (χ2v) is 7.95. The van der Waals surface area contributed by atoms with Gasteiger partial charge in [-0.05, 0) is 0 Å². The summed E-state index contributed by atoms with van der Waals surface area (Å²) in [5.41, 5.74) is 8.79. The summed E-state index contributed by atoms with van der Waals surface area (Å²) >= 11 is 5.24. The third kappa shape index (κ3) is 6.05. The summed E-state index contributed by atoms with van der Waals surface area (Å²) in [7, 11) is 2.83. The van der Waals surface area contributed by atoms with Crippen LogP contribution in [0.25, 0.3) is 5.73 Å². The van der Waals surface area contributed by atoms with Crippen LogP contribution in [0.15, 0.2) is 46.2 Å². The normalized spacial score (nSPS) is 11.5. The Morgan fingerprint density at radius 2 is 1.71 bits per heavy atom. The van der Waals surface area contributed by atoms with Gasteiger partial charge in [0, 0.05) is 0 Å². The fraction of sp³-hybridized carbons (Fsp3) is 0.316. The first-order chi connectivity index (χ1) is 11.4. The van der Waals surface area contributed by atoms with Crippen molar-refractivity contribution in [1.29, 1.82) is 0 Å². The molecule has 0 saturated carbocycles. The molecule has 0 aromatic heterocycles. The van der Waals surface area contributed by atoms with Crippen molar-refractivity contribution in [3.05, 3.63) is 60.4 Å². The van der Waals surface area contributed by atoms with Crippen molar-refractivity contribution < 1.29 is 23.7 Å². The van der Waals surface area contributed by atoms with Gasteiger partial charge in [-0.15, -0.1) is 0 Å². The van der Waals surface area contributed by atoms with Gasteiger partial charge in [0.25, 0.3) is 0 Å². The zero-order valence-corrected chi connectivity index (χ0v) is 16.2. The summed E-state index contributed by atoms with van der Waals surface area (Å²) < 4.78 is 5.13. The van der Waals surface area contributed by atoms with Crippen molar-refractivity contribution in [2.24, 2.45) is 0 Å². The van der Waals surface area contributed by atoms with Crippen LogP contribution in [0, 0.1) is 21.0 Å². The molecule has 136 valence electrons. The molecular weight excluding hydrogens is 365 g/mol. The van der Waals surface area contributed by atoms with Gasteiger partial charge in [0.1, 0.15) is 0 Å². The molecule has 0 bridgehead atoms. The van der Waals surface area contributed by atoms with Crippen molar-refractivity contribution >= 4 is 8.92 Å². The first-order valence-corrected chi connectivity index (χ1v) is 10.1. The van der Waals surface area contributed by atoms with Crippen LogP contribution in [0.5, 0.6) is 11.5 Å². The molecule has 0 aliphatic rings. The molecule has 0 fully saturated rings. The second-order valence-electron chi connectivity index (χ2n) is 5.40. The Kier molecular flexibility index (Phi) is 9.27. The van der Waals surface area contributed by atoms with Gasteiger partial charge < -0.3 is 5.73 Å². The van der Waals surface area contributed by atoms with Gasteiger partial charge >= 0.3 is 122 Å². The number of hydrogen-bond acceptors (Lipinski definition) is 2. The predicted molar refractivity (Wildman–Crippen MR) is 98.2 cm³/mol. The number of phenolic OH excluding ortho intramolecular Hbond substituents is 1. The second kappa shape index (κ2) is 10.7. The van der Waals surface area contributed by atoms with Crippen LogP contribution >= 0.6 is 8.92 Å². The Labute approximate surface area is 154 Å². The molecule has 0 amide bonds. The van der Waals surface area contributed by atoms with E-state index in [2.05, 4.69) is 14.0 Å². The Morgan fingerprint density at radius 3 is 2.21 bits per heavy atom. The molecular formula is C19H25NNiO2S-2. The number of phenols is 1. The van der Waals surface area contributed by atoms with E-state index in [1.54, 1.807) is 6.07 Å². The van der Waals surface area contributed by atoms with Gasteiger partial charge in [-0.1, -0.05) is 19.8 Å². The zero-order chi connectivity index (χ0) is 18.1. The number of nitrogens with one attached hydrogen (secondary N) is 1. The topological polar surface area (TPSA) is 53.3 Å². The number of aryl methyl sites for hydroxylation is 2. The SMILES string of the molecule is CCCC[NH-].[CH2-]Oc1ccc(C)cc1[S](=[Ni])c1cc(C)ccc1O. The van der Waals surface area contributed by atoms with Crippen LogP contribution in [0.4, 0.5) is 0 Å². The third-order valence-electron chi connectivity index (χ3n) is 3.26. The molecule has 2 aromatic carbocycles. The quantitative estimate of drug-likeness (QED) is 0.491. The summed E-state index contributed by atoms with van der Waals surface area (Å²) in [5, 5.41) is 9.99. The fourth-order valence-corrected chi connectivity index (χ4v) is 4.20. The molecule has 5 heteroatoms. The monoisotopic (exact) mass is 389 g/mol. The summed E-state index contributed by atoms with van der Waals surface area (Å²) in [4.78, 5) is 1.67. The molecule has 24 heavy (non-hydrogen) atoms. The van der Waals surface area contributed by atoms with Gasteiger partial charge in [-0.2, -0.15) is 6.54 Å². The van der Waals surface area contributed by atoms with Crippen LogP contribution in [-0.4, -0.2) is 11.7 Å². The van der Waals surface area contributed by atoms with Crippen molar-refractivity contribution in [2.45, 2.75) is 43.4 Å².